The molecule has 0 radical (unpaired) electrons. The van der Waals surface area contributed by atoms with Crippen LogP contribution in [0, 0.1) is 0 Å². The van der Waals surface area contributed by atoms with Crippen molar-refractivity contribution in [3.8, 4) is 0 Å². The normalized spacial score (nSPS) is 14.5. The zero-order chi connectivity index (χ0) is 22.3. The van der Waals surface area contributed by atoms with Crippen LogP contribution in [0.15, 0.2) is 0 Å². The highest BCUT2D eigenvalue weighted by Gasteiger charge is 2.50. The van der Waals surface area contributed by atoms with E-state index in [2.05, 4.69) is 33.0 Å². The van der Waals surface area contributed by atoms with Crippen molar-refractivity contribution in [3.63, 3.8) is 0 Å². The molecule has 0 aromatic carbocycles. The van der Waals surface area contributed by atoms with Crippen molar-refractivity contribution in [3.05, 3.63) is 0 Å². The van der Waals surface area contributed by atoms with Gasteiger partial charge in [0, 0.05) is 26.7 Å². The fourth-order valence-corrected chi connectivity index (χ4v) is 11.7. The van der Waals surface area contributed by atoms with Gasteiger partial charge in [-0.3, -0.25) is 0 Å². The molecular weight excluding hydrogens is 405 g/mol. The second-order valence-corrected chi connectivity index (χ2v) is 14.7. The third-order valence-electron chi connectivity index (χ3n) is 5.22. The molecule has 0 heterocycles. The van der Waals surface area contributed by atoms with Gasteiger partial charge in [-0.05, 0) is 46.5 Å². The van der Waals surface area contributed by atoms with E-state index in [0.29, 0.717) is 26.2 Å². The van der Waals surface area contributed by atoms with Gasteiger partial charge in [-0.25, -0.2) is 4.79 Å². The van der Waals surface area contributed by atoms with Crippen molar-refractivity contribution in [2.24, 2.45) is 0 Å². The van der Waals surface area contributed by atoms with Gasteiger partial charge >= 0.3 is 14.9 Å². The molecule has 29 heavy (non-hydrogen) atoms. The molecule has 0 aliphatic heterocycles. The largest absolute Gasteiger partial charge is 0.524 e. The Morgan fingerprint density at radius 1 is 0.828 bits per heavy atom. The lowest BCUT2D eigenvalue weighted by Gasteiger charge is -2.36. The lowest BCUT2D eigenvalue weighted by atomic mass is 10.5. The predicted molar refractivity (Wildman–Crippen MR) is 126 cm³/mol. The molecule has 8 heteroatoms. The Morgan fingerprint density at radius 3 is 1.55 bits per heavy atom. The van der Waals surface area contributed by atoms with E-state index >= 15 is 0 Å². The molecule has 0 aromatic heterocycles. The maximum atomic E-state index is 12.9. The van der Waals surface area contributed by atoms with E-state index in [9.17, 15) is 4.79 Å². The van der Waals surface area contributed by atoms with E-state index < -0.39 is 16.1 Å². The topological polar surface area (TPSA) is 66.0 Å². The van der Waals surface area contributed by atoms with Gasteiger partial charge in [0.25, 0.3) is 0 Å². The number of ether oxygens (including phenoxy) is 1. The first-order chi connectivity index (χ1) is 13.8. The minimum atomic E-state index is -3.03. The van der Waals surface area contributed by atoms with Gasteiger partial charge in [-0.1, -0.05) is 27.7 Å². The van der Waals surface area contributed by atoms with Crippen molar-refractivity contribution in [1.82, 2.24) is 5.32 Å². The second-order valence-electron chi connectivity index (χ2n) is 7.40. The molecule has 6 nitrogen and oxygen atoms in total. The van der Waals surface area contributed by atoms with Gasteiger partial charge < -0.3 is 23.3 Å². The Bertz CT molecular complexity index is 407. The van der Waals surface area contributed by atoms with Gasteiger partial charge in [-0.15, -0.1) is 0 Å². The molecule has 0 aliphatic carbocycles. The molecule has 1 amide bonds. The van der Waals surface area contributed by atoms with Crippen molar-refractivity contribution >= 4 is 22.2 Å². The van der Waals surface area contributed by atoms with Crippen LogP contribution in [0.25, 0.3) is 0 Å². The molecule has 1 N–H and O–H groups in total. The van der Waals surface area contributed by atoms with Gasteiger partial charge in [0.15, 0.2) is 0 Å². The summed E-state index contributed by atoms with van der Waals surface area (Å²) >= 11 is 0. The molecule has 2 unspecified atom stereocenters. The van der Waals surface area contributed by atoms with Gasteiger partial charge in [-0.2, -0.15) is 0 Å². The Hall–Kier alpha value is -0.203. The Morgan fingerprint density at radius 2 is 1.24 bits per heavy atom. The summed E-state index contributed by atoms with van der Waals surface area (Å²) in [6, 6.07) is 0. The number of rotatable bonds is 17. The molecule has 0 aromatic rings. The molecule has 0 aliphatic rings. The van der Waals surface area contributed by atoms with E-state index in [1.54, 1.807) is 0 Å². The number of alkyl carbamates (subject to hydrolysis) is 1. The van der Waals surface area contributed by atoms with E-state index in [0.717, 1.165) is 19.3 Å². The summed E-state index contributed by atoms with van der Waals surface area (Å²) in [5.41, 5.74) is -0.321. The maximum absolute atomic E-state index is 12.9. The first kappa shape index (κ1) is 28.8. The van der Waals surface area contributed by atoms with Crippen LogP contribution < -0.4 is 5.32 Å². The zero-order valence-electron chi connectivity index (χ0n) is 20.2. The van der Waals surface area contributed by atoms with Gasteiger partial charge in [0.2, 0.25) is 5.85 Å². The van der Waals surface area contributed by atoms with Crippen molar-refractivity contribution < 1.29 is 22.8 Å². The van der Waals surface area contributed by atoms with Crippen LogP contribution in [-0.4, -0.2) is 64.7 Å². The first-order valence-electron chi connectivity index (χ1n) is 11.6. The molecule has 0 rings (SSSR count). The summed E-state index contributed by atoms with van der Waals surface area (Å²) in [4.78, 5) is 12.9. The van der Waals surface area contributed by atoms with Gasteiger partial charge in [0.1, 0.15) is 5.67 Å². The quantitative estimate of drug-likeness (QED) is 0.227. The first-order valence-corrected chi connectivity index (χ1v) is 15.8. The van der Waals surface area contributed by atoms with Crippen LogP contribution in [0.4, 0.5) is 4.79 Å². The smallest absolute Gasteiger partial charge is 0.412 e. The number of hydrogen-bond acceptors (Lipinski definition) is 5. The van der Waals surface area contributed by atoms with Crippen LogP contribution in [0.5, 0.6) is 0 Å². The predicted octanol–water partition coefficient (Wildman–Crippen LogP) is 5.67. The van der Waals surface area contributed by atoms with Gasteiger partial charge in [0.05, 0.1) is 25.7 Å². The van der Waals surface area contributed by atoms with Crippen LogP contribution >= 0.6 is 7.26 Å². The molecule has 0 saturated carbocycles. The Balaban J connectivity index is 5.41. The van der Waals surface area contributed by atoms with E-state index in [4.69, 9.17) is 18.0 Å². The minimum absolute atomic E-state index is 0.0396. The lowest BCUT2D eigenvalue weighted by molar-refractivity contribution is 0.0549. The lowest BCUT2D eigenvalue weighted by Crippen LogP contribution is -2.63. The fourth-order valence-electron chi connectivity index (χ4n) is 4.13. The van der Waals surface area contributed by atoms with Crippen LogP contribution in [0.3, 0.4) is 0 Å². The molecule has 0 spiro atoms. The highest BCUT2D eigenvalue weighted by atomic mass is 31.2. The summed E-state index contributed by atoms with van der Waals surface area (Å²) in [6.45, 7) is 18.0. The summed E-state index contributed by atoms with van der Waals surface area (Å²) in [5, 5.41) is 3.03. The van der Waals surface area contributed by atoms with Crippen LogP contribution in [-0.2, 0) is 18.0 Å². The number of hydrogen-bond donors (Lipinski definition) is 1. The van der Waals surface area contributed by atoms with Crippen molar-refractivity contribution in [2.75, 3.05) is 38.3 Å². The van der Waals surface area contributed by atoms with E-state index in [-0.39, 0.29) is 17.6 Å². The molecule has 2 atom stereocenters. The second kappa shape index (κ2) is 15.6. The SMILES string of the molecule is CCC[P+](CCC)(CCC)C(C)OC(=O)NC(CC)[Si](OCC)(OCC)OCC. The molecule has 0 bridgehead atoms. The molecule has 0 fully saturated rings. The fraction of sp³-hybridized carbons (Fsp3) is 0.952. The summed E-state index contributed by atoms with van der Waals surface area (Å²) < 4.78 is 23.9. The monoisotopic (exact) mass is 452 g/mol. The Kier molecular flexibility index (Phi) is 15.5. The molecular formula is C21H47NO5PSi+. The maximum Gasteiger partial charge on any atom is 0.524 e. The zero-order valence-corrected chi connectivity index (χ0v) is 22.1. The van der Waals surface area contributed by atoms with E-state index in [1.807, 2.05) is 27.7 Å². The standard InChI is InChI=1S/C21H46NO5PSi/c1-9-16-28(17-10-2,18-11-3)19(8)27-21(23)22-20(12-4)29(24-13-5,25-14-6)26-15-7/h19-20H,9-18H2,1-8H3/p+1. The highest BCUT2D eigenvalue weighted by molar-refractivity contribution is 7.76. The average molecular weight is 453 g/mol. The Labute approximate surface area is 181 Å². The van der Waals surface area contributed by atoms with E-state index in [1.165, 1.54) is 18.5 Å². The number of carbonyl (C=O) groups is 1. The van der Waals surface area contributed by atoms with Crippen LogP contribution in [0.1, 0.15) is 81.1 Å². The average Bonchev–Trinajstić information content (AvgIpc) is 2.67. The summed E-state index contributed by atoms with van der Waals surface area (Å²) in [6.07, 6.45) is 7.21. The number of carbonyl (C=O) groups excluding carboxylic acids is 1. The third-order valence-corrected chi connectivity index (χ3v) is 14.4. The molecule has 174 valence electrons. The number of nitrogens with one attached hydrogen (secondary N) is 1. The molecule has 0 saturated heterocycles. The highest BCUT2D eigenvalue weighted by Crippen LogP contribution is 2.64. The summed E-state index contributed by atoms with van der Waals surface area (Å²) in [5.74, 6) is -0.0396. The van der Waals surface area contributed by atoms with Crippen LogP contribution in [0.2, 0.25) is 0 Å². The third kappa shape index (κ3) is 8.82. The van der Waals surface area contributed by atoms with Crippen molar-refractivity contribution in [2.45, 2.75) is 92.6 Å². The number of amides is 1. The summed E-state index contributed by atoms with van der Waals surface area (Å²) in [7, 11) is -4.37. The van der Waals surface area contributed by atoms with Crippen molar-refractivity contribution in [1.29, 1.82) is 0 Å². The minimum Gasteiger partial charge on any atom is -0.412 e.